The maximum absolute atomic E-state index is 13.5. The van der Waals surface area contributed by atoms with E-state index in [0.29, 0.717) is 25.6 Å². The van der Waals surface area contributed by atoms with Crippen LogP contribution in [0.5, 0.6) is 0 Å². The summed E-state index contributed by atoms with van der Waals surface area (Å²) in [5.41, 5.74) is 5.61. The molecule has 39 heavy (non-hydrogen) atoms. The van der Waals surface area contributed by atoms with Crippen molar-refractivity contribution in [2.75, 3.05) is 39.3 Å². The first-order chi connectivity index (χ1) is 18.3. The minimum Gasteiger partial charge on any atom is -0.465 e. The van der Waals surface area contributed by atoms with Gasteiger partial charge in [-0.1, -0.05) is 19.3 Å². The zero-order valence-electron chi connectivity index (χ0n) is 23.0. The third kappa shape index (κ3) is 11.1. The Balaban J connectivity index is 0.00000533. The summed E-state index contributed by atoms with van der Waals surface area (Å²) in [6.45, 7) is 3.96. The van der Waals surface area contributed by atoms with Crippen molar-refractivity contribution in [1.29, 1.82) is 5.41 Å². The number of urea groups is 1. The lowest BCUT2D eigenvalue weighted by Crippen LogP contribution is -2.55. The van der Waals surface area contributed by atoms with Gasteiger partial charge >= 0.3 is 12.0 Å². The minimum atomic E-state index is -1.10. The first kappa shape index (κ1) is 32.5. The number of likely N-dealkylation sites (tertiary alicyclic amines) is 1. The highest BCUT2D eigenvalue weighted by Crippen LogP contribution is 2.28. The number of nitrogens with zero attached hydrogens (tertiary/aromatic N) is 2. The number of guanidine groups is 1. The summed E-state index contributed by atoms with van der Waals surface area (Å²) in [6.07, 6.45) is 8.78. The van der Waals surface area contributed by atoms with Gasteiger partial charge in [0.05, 0.1) is 13.0 Å². The van der Waals surface area contributed by atoms with Gasteiger partial charge < -0.3 is 36.2 Å². The van der Waals surface area contributed by atoms with Crippen LogP contribution in [0.2, 0.25) is 0 Å². The second kappa shape index (κ2) is 16.4. The summed E-state index contributed by atoms with van der Waals surface area (Å²) in [6, 6.07) is -1.68. The van der Waals surface area contributed by atoms with Gasteiger partial charge in [-0.2, -0.15) is 0 Å². The average Bonchev–Trinajstić information content (AvgIpc) is 3.75. The molecule has 0 radical (unpaired) electrons. The van der Waals surface area contributed by atoms with Crippen LogP contribution < -0.4 is 21.7 Å². The van der Waals surface area contributed by atoms with Gasteiger partial charge in [-0.3, -0.25) is 19.8 Å². The summed E-state index contributed by atoms with van der Waals surface area (Å²) in [5.74, 6) is -0.735. The van der Waals surface area contributed by atoms with Crippen LogP contribution >= 0.6 is 12.4 Å². The van der Waals surface area contributed by atoms with Crippen molar-refractivity contribution in [3.8, 4) is 0 Å². The van der Waals surface area contributed by atoms with Gasteiger partial charge in [0.1, 0.15) is 12.6 Å². The first-order valence-electron chi connectivity index (χ1n) is 14.1. The number of carbonyl (C=O) groups is 4. The lowest BCUT2D eigenvalue weighted by Gasteiger charge is -2.33. The Hall–Kier alpha value is -2.76. The summed E-state index contributed by atoms with van der Waals surface area (Å²) in [5, 5.41) is 16.1. The number of carbonyl (C=O) groups excluding carboxylic acids is 4. The lowest BCUT2D eigenvalue weighted by molar-refractivity contribution is -0.150. The molecule has 0 bridgehead atoms. The third-order valence-electron chi connectivity index (χ3n) is 7.59. The molecule has 1 saturated heterocycles. The highest BCUT2D eigenvalue weighted by atomic mass is 35.5. The van der Waals surface area contributed by atoms with Crippen molar-refractivity contribution < 1.29 is 23.9 Å². The van der Waals surface area contributed by atoms with Gasteiger partial charge in [0.2, 0.25) is 11.8 Å². The van der Waals surface area contributed by atoms with E-state index in [1.165, 1.54) is 11.3 Å². The molecule has 12 nitrogen and oxygen atoms in total. The van der Waals surface area contributed by atoms with Gasteiger partial charge in [0.15, 0.2) is 5.96 Å². The van der Waals surface area contributed by atoms with E-state index in [0.717, 1.165) is 57.9 Å². The Morgan fingerprint density at radius 1 is 1.00 bits per heavy atom. The van der Waals surface area contributed by atoms with E-state index < -0.39 is 23.9 Å². The van der Waals surface area contributed by atoms with Gasteiger partial charge in [-0.15, -0.1) is 12.4 Å². The molecule has 0 aromatic rings. The highest BCUT2D eigenvalue weighted by Gasteiger charge is 2.38. The Morgan fingerprint density at radius 3 is 2.31 bits per heavy atom. The fourth-order valence-corrected chi connectivity index (χ4v) is 5.32. The standard InChI is InChI=1S/C26H45N7O5.ClH/c1-2-38-23(35)17-33(20-10-11-20)24(36)21(31-26(37)30-14-18-7-4-3-5-8-18)13-22(34)29-15-19-9-6-12-32(16-19)25(27)28;/h18-21H,2-17H2,1H3,(H3,27,28)(H,29,34)(H2,30,31,37);1H/t19-,21-;/m0./s1. The maximum atomic E-state index is 13.5. The Kier molecular flexibility index (Phi) is 13.6. The largest absolute Gasteiger partial charge is 0.465 e. The summed E-state index contributed by atoms with van der Waals surface area (Å²) < 4.78 is 5.04. The number of nitrogens with one attached hydrogen (secondary N) is 4. The fourth-order valence-electron chi connectivity index (χ4n) is 5.32. The number of hydrogen-bond acceptors (Lipinski definition) is 6. The predicted octanol–water partition coefficient (Wildman–Crippen LogP) is 1.32. The molecule has 3 aliphatic rings. The smallest absolute Gasteiger partial charge is 0.325 e. The zero-order chi connectivity index (χ0) is 27.5. The number of halogens is 1. The average molecular weight is 572 g/mol. The third-order valence-corrected chi connectivity index (χ3v) is 7.59. The van der Waals surface area contributed by atoms with Crippen molar-refractivity contribution in [2.24, 2.45) is 17.6 Å². The molecule has 13 heteroatoms. The van der Waals surface area contributed by atoms with Crippen LogP contribution in [-0.2, 0) is 19.1 Å². The van der Waals surface area contributed by atoms with Gasteiger partial charge in [0, 0.05) is 32.2 Å². The summed E-state index contributed by atoms with van der Waals surface area (Å²) >= 11 is 0. The molecule has 1 aliphatic heterocycles. The molecule has 2 aliphatic carbocycles. The van der Waals surface area contributed by atoms with E-state index in [1.54, 1.807) is 11.8 Å². The second-order valence-corrected chi connectivity index (χ2v) is 10.8. The molecule has 2 atom stereocenters. The lowest BCUT2D eigenvalue weighted by atomic mass is 9.89. The molecule has 6 N–H and O–H groups in total. The van der Waals surface area contributed by atoms with Crippen molar-refractivity contribution >= 4 is 42.2 Å². The van der Waals surface area contributed by atoms with Crippen LogP contribution in [0.25, 0.3) is 0 Å². The SMILES string of the molecule is CCOC(=O)CN(C(=O)[C@H](CC(=O)NC[C@@H]1CCCN(C(=N)N)C1)NC(=O)NCC1CCCCC1)C1CC1.Cl. The van der Waals surface area contributed by atoms with Crippen molar-refractivity contribution in [1.82, 2.24) is 25.8 Å². The fraction of sp³-hybridized carbons (Fsp3) is 0.808. The summed E-state index contributed by atoms with van der Waals surface area (Å²) in [7, 11) is 0. The molecular weight excluding hydrogens is 526 g/mol. The molecule has 2 saturated carbocycles. The van der Waals surface area contributed by atoms with Gasteiger partial charge in [-0.05, 0) is 57.3 Å². The topological polar surface area (TPSA) is 170 Å². The van der Waals surface area contributed by atoms with Crippen molar-refractivity contribution in [2.45, 2.75) is 83.2 Å². The molecule has 222 valence electrons. The number of rotatable bonds is 12. The zero-order valence-corrected chi connectivity index (χ0v) is 23.9. The predicted molar refractivity (Wildman–Crippen MR) is 149 cm³/mol. The number of piperidine rings is 1. The molecule has 3 fully saturated rings. The van der Waals surface area contributed by atoms with Crippen molar-refractivity contribution in [3.63, 3.8) is 0 Å². The van der Waals surface area contributed by atoms with Crippen LogP contribution in [0, 0.1) is 17.2 Å². The molecule has 1 heterocycles. The number of esters is 1. The van der Waals surface area contributed by atoms with Crippen LogP contribution in [0.1, 0.15) is 71.1 Å². The van der Waals surface area contributed by atoms with E-state index in [9.17, 15) is 19.2 Å². The number of nitrogens with two attached hydrogens (primary N) is 1. The molecule has 0 aromatic heterocycles. The van der Waals surface area contributed by atoms with Gasteiger partial charge in [-0.25, -0.2) is 4.79 Å². The minimum absolute atomic E-state index is 0. The molecular formula is C26H46ClN7O5. The van der Waals surface area contributed by atoms with Crippen molar-refractivity contribution in [3.05, 3.63) is 0 Å². The Morgan fingerprint density at radius 2 is 1.67 bits per heavy atom. The van der Waals surface area contributed by atoms with Crippen LogP contribution in [0.3, 0.4) is 0 Å². The monoisotopic (exact) mass is 571 g/mol. The highest BCUT2D eigenvalue weighted by molar-refractivity contribution is 5.93. The first-order valence-corrected chi connectivity index (χ1v) is 14.1. The number of amides is 4. The quantitative estimate of drug-likeness (QED) is 0.134. The summed E-state index contributed by atoms with van der Waals surface area (Å²) in [4.78, 5) is 54.6. The van der Waals surface area contributed by atoms with E-state index in [1.807, 2.05) is 0 Å². The Bertz CT molecular complexity index is 851. The molecule has 0 aromatic carbocycles. The van der Waals surface area contributed by atoms with E-state index >= 15 is 0 Å². The molecule has 4 amide bonds. The molecule has 0 unspecified atom stereocenters. The normalized spacial score (nSPS) is 20.1. The van der Waals surface area contributed by atoms with E-state index in [2.05, 4.69) is 16.0 Å². The Labute approximate surface area is 237 Å². The number of ether oxygens (including phenoxy) is 1. The van der Waals surface area contributed by atoms with Crippen LogP contribution in [-0.4, -0.2) is 91.0 Å². The van der Waals surface area contributed by atoms with Crippen LogP contribution in [0.4, 0.5) is 4.79 Å². The molecule has 3 rings (SSSR count). The second-order valence-electron chi connectivity index (χ2n) is 10.8. The van der Waals surface area contributed by atoms with Gasteiger partial charge in [0.25, 0.3) is 0 Å². The molecule has 0 spiro atoms. The maximum Gasteiger partial charge on any atom is 0.325 e. The van der Waals surface area contributed by atoms with Crippen LogP contribution in [0.15, 0.2) is 0 Å². The van der Waals surface area contributed by atoms with E-state index in [-0.39, 0.29) is 55.8 Å². The van der Waals surface area contributed by atoms with E-state index in [4.69, 9.17) is 15.9 Å². The number of hydrogen-bond donors (Lipinski definition) is 5.